The van der Waals surface area contributed by atoms with E-state index in [0.29, 0.717) is 24.3 Å². The summed E-state index contributed by atoms with van der Waals surface area (Å²) in [5.74, 6) is 0.303. The van der Waals surface area contributed by atoms with E-state index < -0.39 is 0 Å². The summed E-state index contributed by atoms with van der Waals surface area (Å²) in [4.78, 5) is 11.6. The lowest BCUT2D eigenvalue weighted by Crippen LogP contribution is -2.37. The van der Waals surface area contributed by atoms with Crippen LogP contribution in [-0.4, -0.2) is 30.7 Å². The molecule has 0 amide bonds. The first-order chi connectivity index (χ1) is 13.7. The standard InChI is InChI=1S/C23H27FN2O2/c1-28-23(27)18-7-5-16(6-8-18)13-19-15-26(14-17-9-11-25-12-10-17)21-4-2-3-20(24)22(19)21/h4-8,15,17,25H,2-3,9-14H2,1H3. The Balaban J connectivity index is 1.64. The van der Waals surface area contributed by atoms with Crippen molar-refractivity contribution < 1.29 is 13.9 Å². The zero-order chi connectivity index (χ0) is 19.5. The molecule has 28 heavy (non-hydrogen) atoms. The van der Waals surface area contributed by atoms with Gasteiger partial charge in [-0.3, -0.25) is 0 Å². The molecule has 1 aromatic heterocycles. The quantitative estimate of drug-likeness (QED) is 0.808. The van der Waals surface area contributed by atoms with Gasteiger partial charge in [-0.1, -0.05) is 18.2 Å². The monoisotopic (exact) mass is 382 g/mol. The van der Waals surface area contributed by atoms with Crippen LogP contribution in [0.5, 0.6) is 0 Å². The number of hydrogen-bond acceptors (Lipinski definition) is 3. The van der Waals surface area contributed by atoms with Crippen LogP contribution >= 0.6 is 0 Å². The molecular formula is C23H27FN2O2. The molecule has 4 nitrogen and oxygen atoms in total. The third-order valence-electron chi connectivity index (χ3n) is 5.85. The summed E-state index contributed by atoms with van der Waals surface area (Å²) in [6.45, 7) is 3.09. The average molecular weight is 382 g/mol. The Hall–Kier alpha value is -2.40. The molecule has 1 saturated heterocycles. The SMILES string of the molecule is COC(=O)c1ccc(Cc2cn(CC3CCNCC3)c3c2=C(F)CCC=3)cc1. The number of carbonyl (C=O) groups excluding carboxylic acids is 1. The molecule has 1 aliphatic carbocycles. The van der Waals surface area contributed by atoms with Crippen molar-refractivity contribution in [1.82, 2.24) is 9.88 Å². The van der Waals surface area contributed by atoms with Gasteiger partial charge in [0.2, 0.25) is 0 Å². The lowest BCUT2D eigenvalue weighted by molar-refractivity contribution is 0.0600. The molecule has 2 aromatic rings. The van der Waals surface area contributed by atoms with Crippen LogP contribution in [0.1, 0.15) is 47.2 Å². The molecule has 2 heterocycles. The van der Waals surface area contributed by atoms with Crippen molar-refractivity contribution in [2.75, 3.05) is 20.2 Å². The molecule has 0 unspecified atom stereocenters. The highest BCUT2D eigenvalue weighted by molar-refractivity contribution is 5.89. The molecule has 0 atom stereocenters. The van der Waals surface area contributed by atoms with Crippen molar-refractivity contribution in [2.45, 2.75) is 38.6 Å². The number of hydrogen-bond donors (Lipinski definition) is 1. The van der Waals surface area contributed by atoms with Gasteiger partial charge >= 0.3 is 5.97 Å². The Bertz CT molecular complexity index is 969. The zero-order valence-corrected chi connectivity index (χ0v) is 16.3. The zero-order valence-electron chi connectivity index (χ0n) is 16.3. The van der Waals surface area contributed by atoms with E-state index in [4.69, 9.17) is 4.74 Å². The summed E-state index contributed by atoms with van der Waals surface area (Å²) >= 11 is 0. The molecule has 2 aliphatic rings. The second kappa shape index (κ2) is 8.31. The molecule has 1 fully saturated rings. The molecule has 0 bridgehead atoms. The largest absolute Gasteiger partial charge is 0.465 e. The minimum absolute atomic E-state index is 0.00254. The van der Waals surface area contributed by atoms with Crippen LogP contribution in [0.25, 0.3) is 11.9 Å². The van der Waals surface area contributed by atoms with Gasteiger partial charge in [-0.15, -0.1) is 0 Å². The van der Waals surface area contributed by atoms with E-state index >= 15 is 0 Å². The highest BCUT2D eigenvalue weighted by Gasteiger charge is 2.18. The Morgan fingerprint density at radius 2 is 2.00 bits per heavy atom. The minimum Gasteiger partial charge on any atom is -0.465 e. The number of halogens is 1. The number of fused-ring (bicyclic) bond motifs is 1. The number of aromatic nitrogens is 1. The van der Waals surface area contributed by atoms with Gasteiger partial charge in [0.15, 0.2) is 0 Å². The fourth-order valence-corrected chi connectivity index (χ4v) is 4.35. The Kier molecular flexibility index (Phi) is 5.62. The van der Waals surface area contributed by atoms with Crippen molar-refractivity contribution in [3.63, 3.8) is 0 Å². The molecule has 0 radical (unpaired) electrons. The Morgan fingerprint density at radius 1 is 1.25 bits per heavy atom. The second-order valence-electron chi connectivity index (χ2n) is 7.77. The number of esters is 1. The third kappa shape index (κ3) is 3.90. The lowest BCUT2D eigenvalue weighted by atomic mass is 9.98. The smallest absolute Gasteiger partial charge is 0.337 e. The fraction of sp³-hybridized carbons (Fsp3) is 0.435. The number of methoxy groups -OCH3 is 1. The maximum absolute atomic E-state index is 14.8. The normalized spacial score (nSPS) is 17.1. The van der Waals surface area contributed by atoms with Crippen LogP contribution in [0, 0.1) is 5.92 Å². The first kappa shape index (κ1) is 18.9. The van der Waals surface area contributed by atoms with Crippen molar-refractivity contribution in [2.24, 2.45) is 5.92 Å². The van der Waals surface area contributed by atoms with Crippen molar-refractivity contribution in [3.05, 3.63) is 57.7 Å². The van der Waals surface area contributed by atoms with Gasteiger partial charge in [-0.05, 0) is 68.0 Å². The number of piperidine rings is 1. The summed E-state index contributed by atoms with van der Waals surface area (Å²) in [5.41, 5.74) is 2.62. The van der Waals surface area contributed by atoms with Crippen molar-refractivity contribution >= 4 is 17.9 Å². The van der Waals surface area contributed by atoms with Crippen molar-refractivity contribution in [3.8, 4) is 0 Å². The van der Waals surface area contributed by atoms with Crippen LogP contribution in [0.3, 0.4) is 0 Å². The number of rotatable bonds is 5. The third-order valence-corrected chi connectivity index (χ3v) is 5.85. The fourth-order valence-electron chi connectivity index (χ4n) is 4.35. The number of ether oxygens (including phenoxy) is 1. The van der Waals surface area contributed by atoms with Crippen LogP contribution in [0.4, 0.5) is 4.39 Å². The molecule has 5 heteroatoms. The maximum Gasteiger partial charge on any atom is 0.337 e. The topological polar surface area (TPSA) is 43.3 Å². The predicted molar refractivity (Wildman–Crippen MR) is 108 cm³/mol. The highest BCUT2D eigenvalue weighted by atomic mass is 19.1. The molecule has 0 spiro atoms. The van der Waals surface area contributed by atoms with E-state index in [1.807, 2.05) is 12.1 Å². The van der Waals surface area contributed by atoms with Gasteiger partial charge in [0, 0.05) is 29.7 Å². The minimum atomic E-state index is -0.342. The van der Waals surface area contributed by atoms with Gasteiger partial charge in [-0.2, -0.15) is 0 Å². The molecule has 1 aliphatic heterocycles. The molecule has 1 aromatic carbocycles. The predicted octanol–water partition coefficient (Wildman–Crippen LogP) is 2.52. The second-order valence-corrected chi connectivity index (χ2v) is 7.77. The molecule has 4 rings (SSSR count). The van der Waals surface area contributed by atoms with Crippen LogP contribution < -0.4 is 15.9 Å². The van der Waals surface area contributed by atoms with Gasteiger partial charge in [-0.25, -0.2) is 9.18 Å². The summed E-state index contributed by atoms with van der Waals surface area (Å²) in [6.07, 6.45) is 8.57. The summed E-state index contributed by atoms with van der Waals surface area (Å²) in [5, 5.41) is 5.24. The molecule has 0 saturated carbocycles. The summed E-state index contributed by atoms with van der Waals surface area (Å²) in [7, 11) is 1.38. The summed E-state index contributed by atoms with van der Waals surface area (Å²) in [6, 6.07) is 7.39. The lowest BCUT2D eigenvalue weighted by Gasteiger charge is -2.23. The van der Waals surface area contributed by atoms with E-state index in [1.54, 1.807) is 12.1 Å². The first-order valence-electron chi connectivity index (χ1n) is 10.1. The van der Waals surface area contributed by atoms with E-state index in [2.05, 4.69) is 22.2 Å². The Morgan fingerprint density at radius 3 is 2.71 bits per heavy atom. The number of nitrogens with zero attached hydrogens (tertiary/aromatic N) is 1. The summed E-state index contributed by atoms with van der Waals surface area (Å²) < 4.78 is 21.8. The first-order valence-corrected chi connectivity index (χ1v) is 10.1. The van der Waals surface area contributed by atoms with Crippen LogP contribution in [0.2, 0.25) is 0 Å². The van der Waals surface area contributed by atoms with Gasteiger partial charge in [0.1, 0.15) is 5.83 Å². The van der Waals surface area contributed by atoms with Crippen molar-refractivity contribution in [1.29, 1.82) is 0 Å². The van der Waals surface area contributed by atoms with E-state index in [1.165, 1.54) is 20.0 Å². The van der Waals surface area contributed by atoms with Gasteiger partial charge < -0.3 is 14.6 Å². The van der Waals surface area contributed by atoms with Gasteiger partial charge in [0.25, 0.3) is 0 Å². The highest BCUT2D eigenvalue weighted by Crippen LogP contribution is 2.17. The average Bonchev–Trinajstić information content (AvgIpc) is 3.07. The van der Waals surface area contributed by atoms with Gasteiger partial charge in [0.05, 0.1) is 12.7 Å². The molecule has 1 N–H and O–H groups in total. The Labute approximate surface area is 164 Å². The molecule has 148 valence electrons. The maximum atomic E-state index is 14.8. The molecular weight excluding hydrogens is 355 g/mol. The van der Waals surface area contributed by atoms with E-state index in [9.17, 15) is 9.18 Å². The van der Waals surface area contributed by atoms with Crippen LogP contribution in [-0.2, 0) is 17.7 Å². The van der Waals surface area contributed by atoms with E-state index in [-0.39, 0.29) is 11.8 Å². The number of nitrogens with one attached hydrogen (secondary N) is 1. The number of carbonyl (C=O) groups is 1. The number of benzene rings is 1. The van der Waals surface area contributed by atoms with Crippen LogP contribution in [0.15, 0.2) is 30.5 Å². The van der Waals surface area contributed by atoms with E-state index in [0.717, 1.165) is 47.7 Å².